The highest BCUT2D eigenvalue weighted by Gasteiger charge is 2.17. The van der Waals surface area contributed by atoms with Gasteiger partial charge in [0.25, 0.3) is 0 Å². The summed E-state index contributed by atoms with van der Waals surface area (Å²) in [5.41, 5.74) is 2.85. The van der Waals surface area contributed by atoms with Crippen LogP contribution >= 0.6 is 45.8 Å². The number of aromatic nitrogens is 2. The molecule has 0 fully saturated rings. The Labute approximate surface area is 140 Å². The fourth-order valence-corrected chi connectivity index (χ4v) is 3.07. The zero-order chi connectivity index (χ0) is 14.3. The highest BCUT2D eigenvalue weighted by Crippen LogP contribution is 2.31. The van der Waals surface area contributed by atoms with Gasteiger partial charge in [-0.25, -0.2) is 4.98 Å². The topological polar surface area (TPSA) is 17.8 Å². The van der Waals surface area contributed by atoms with Gasteiger partial charge in [0.05, 0.1) is 27.1 Å². The van der Waals surface area contributed by atoms with Crippen LogP contribution in [-0.2, 0) is 0 Å². The van der Waals surface area contributed by atoms with Crippen molar-refractivity contribution >= 4 is 56.8 Å². The van der Waals surface area contributed by atoms with Crippen LogP contribution in [0, 0.1) is 3.57 Å². The number of imidazole rings is 1. The summed E-state index contributed by atoms with van der Waals surface area (Å²) >= 11 is 14.9. The molecule has 0 bridgehead atoms. The summed E-state index contributed by atoms with van der Waals surface area (Å²) in [6.07, 6.45) is 0. The molecule has 2 nitrogen and oxygen atoms in total. The number of nitrogens with zero attached hydrogens (tertiary/aromatic N) is 2. The first-order valence-electron chi connectivity index (χ1n) is 6.15. The van der Waals surface area contributed by atoms with E-state index >= 15 is 0 Å². The maximum Gasteiger partial charge on any atom is 0.132 e. The minimum Gasteiger partial charge on any atom is -0.294 e. The molecular weight excluding hydrogens is 406 g/mol. The second-order valence-corrected chi connectivity index (χ2v) is 6.81. The van der Waals surface area contributed by atoms with Crippen molar-refractivity contribution in [3.8, 4) is 5.69 Å². The number of alkyl halides is 1. The molecule has 102 valence electrons. The minimum atomic E-state index is -0.198. The molecule has 1 aromatic heterocycles. The Morgan fingerprint density at radius 2 is 1.95 bits per heavy atom. The first kappa shape index (κ1) is 14.2. The Bertz CT molecular complexity index is 781. The second-order valence-electron chi connectivity index (χ2n) is 4.51. The second kappa shape index (κ2) is 5.54. The molecule has 3 rings (SSSR count). The third-order valence-corrected chi connectivity index (χ3v) is 4.28. The Kier molecular flexibility index (Phi) is 3.93. The molecule has 1 atom stereocenters. The van der Waals surface area contributed by atoms with Crippen molar-refractivity contribution in [3.05, 3.63) is 56.9 Å². The van der Waals surface area contributed by atoms with E-state index in [1.54, 1.807) is 0 Å². The molecule has 20 heavy (non-hydrogen) atoms. The third-order valence-electron chi connectivity index (χ3n) is 3.09. The van der Waals surface area contributed by atoms with Gasteiger partial charge in [-0.05, 0) is 59.8 Å². The molecule has 2 aromatic carbocycles. The summed E-state index contributed by atoms with van der Waals surface area (Å²) in [5, 5.41) is 0.486. The molecule has 3 aromatic rings. The van der Waals surface area contributed by atoms with Crippen LogP contribution in [0.3, 0.4) is 0 Å². The van der Waals surface area contributed by atoms with Gasteiger partial charge in [-0.1, -0.05) is 23.7 Å². The van der Waals surface area contributed by atoms with Crippen LogP contribution in [0.25, 0.3) is 16.7 Å². The largest absolute Gasteiger partial charge is 0.294 e. The highest BCUT2D eigenvalue weighted by atomic mass is 127. The van der Waals surface area contributed by atoms with Crippen LogP contribution in [0.4, 0.5) is 0 Å². The van der Waals surface area contributed by atoms with E-state index < -0.39 is 0 Å². The number of benzene rings is 2. The molecule has 0 saturated carbocycles. The van der Waals surface area contributed by atoms with Crippen LogP contribution < -0.4 is 0 Å². The van der Waals surface area contributed by atoms with Crippen molar-refractivity contribution in [2.75, 3.05) is 0 Å². The summed E-state index contributed by atoms with van der Waals surface area (Å²) < 4.78 is 3.18. The van der Waals surface area contributed by atoms with Crippen LogP contribution in [0.5, 0.6) is 0 Å². The summed E-state index contributed by atoms with van der Waals surface area (Å²) in [6, 6.07) is 13.9. The molecule has 0 N–H and O–H groups in total. The van der Waals surface area contributed by atoms with Gasteiger partial charge in [-0.15, -0.1) is 11.6 Å². The van der Waals surface area contributed by atoms with E-state index in [0.29, 0.717) is 5.02 Å². The van der Waals surface area contributed by atoms with Gasteiger partial charge >= 0.3 is 0 Å². The van der Waals surface area contributed by atoms with Crippen LogP contribution in [0.15, 0.2) is 42.5 Å². The van der Waals surface area contributed by atoms with Crippen LogP contribution in [0.1, 0.15) is 18.1 Å². The van der Waals surface area contributed by atoms with Gasteiger partial charge in [0, 0.05) is 3.57 Å². The standard InChI is InChI=1S/C15H11Cl2IN2/c1-9(16)15-19-12-8-10(18)6-7-14(12)20(15)13-5-3-2-4-11(13)17/h2-9H,1H3. The Morgan fingerprint density at radius 1 is 1.20 bits per heavy atom. The lowest BCUT2D eigenvalue weighted by Gasteiger charge is -2.12. The van der Waals surface area contributed by atoms with E-state index in [4.69, 9.17) is 23.2 Å². The molecule has 1 heterocycles. The SMILES string of the molecule is CC(Cl)c1nc2cc(I)ccc2n1-c1ccccc1Cl. The smallest absolute Gasteiger partial charge is 0.132 e. The number of rotatable bonds is 2. The normalized spacial score (nSPS) is 12.8. The van der Waals surface area contributed by atoms with E-state index in [1.807, 2.05) is 41.8 Å². The average molecular weight is 417 g/mol. The fourth-order valence-electron chi connectivity index (χ4n) is 2.23. The molecule has 0 aliphatic rings. The number of fused-ring (bicyclic) bond motifs is 1. The molecule has 0 spiro atoms. The predicted molar refractivity (Wildman–Crippen MR) is 93.1 cm³/mol. The monoisotopic (exact) mass is 416 g/mol. The van der Waals surface area contributed by atoms with Crippen molar-refractivity contribution in [3.63, 3.8) is 0 Å². The molecule has 0 aliphatic heterocycles. The van der Waals surface area contributed by atoms with E-state index in [0.717, 1.165) is 26.1 Å². The maximum atomic E-state index is 6.33. The van der Waals surface area contributed by atoms with Crippen molar-refractivity contribution in [2.24, 2.45) is 0 Å². The lowest BCUT2D eigenvalue weighted by molar-refractivity contribution is 0.883. The van der Waals surface area contributed by atoms with Crippen molar-refractivity contribution in [1.82, 2.24) is 9.55 Å². The summed E-state index contributed by atoms with van der Waals surface area (Å²) in [7, 11) is 0. The number of halogens is 3. The zero-order valence-electron chi connectivity index (χ0n) is 10.6. The lowest BCUT2D eigenvalue weighted by Crippen LogP contribution is -2.02. The molecule has 5 heteroatoms. The van der Waals surface area contributed by atoms with Crippen molar-refractivity contribution in [1.29, 1.82) is 0 Å². The van der Waals surface area contributed by atoms with Gasteiger partial charge < -0.3 is 0 Å². The molecule has 0 aliphatic carbocycles. The highest BCUT2D eigenvalue weighted by molar-refractivity contribution is 14.1. The number of para-hydroxylation sites is 1. The number of hydrogen-bond donors (Lipinski definition) is 0. The van der Waals surface area contributed by atoms with E-state index in [9.17, 15) is 0 Å². The first-order chi connectivity index (χ1) is 9.58. The van der Waals surface area contributed by atoms with E-state index in [1.165, 1.54) is 0 Å². The molecule has 0 amide bonds. The summed E-state index contributed by atoms with van der Waals surface area (Å²) in [6.45, 7) is 1.92. The summed E-state index contributed by atoms with van der Waals surface area (Å²) in [4.78, 5) is 4.66. The van der Waals surface area contributed by atoms with Gasteiger partial charge in [0.1, 0.15) is 5.82 Å². The third kappa shape index (κ3) is 2.43. The van der Waals surface area contributed by atoms with Gasteiger partial charge in [0.2, 0.25) is 0 Å². The molecule has 0 radical (unpaired) electrons. The molecule has 0 saturated heterocycles. The Balaban J connectivity index is 2.38. The minimum absolute atomic E-state index is 0.198. The predicted octanol–water partition coefficient (Wildman–Crippen LogP) is 5.58. The zero-order valence-corrected chi connectivity index (χ0v) is 14.3. The fraction of sp³-hybridized carbons (Fsp3) is 0.133. The van der Waals surface area contributed by atoms with Gasteiger partial charge in [-0.3, -0.25) is 4.57 Å². The Morgan fingerprint density at radius 3 is 2.65 bits per heavy atom. The van der Waals surface area contributed by atoms with E-state index in [2.05, 4.69) is 39.7 Å². The van der Waals surface area contributed by atoms with Gasteiger partial charge in [-0.2, -0.15) is 0 Å². The maximum absolute atomic E-state index is 6.33. The number of hydrogen-bond acceptors (Lipinski definition) is 1. The van der Waals surface area contributed by atoms with Crippen molar-refractivity contribution in [2.45, 2.75) is 12.3 Å². The molecular formula is C15H11Cl2IN2. The van der Waals surface area contributed by atoms with Crippen molar-refractivity contribution < 1.29 is 0 Å². The Hall–Kier alpha value is -0.780. The molecule has 1 unspecified atom stereocenters. The van der Waals surface area contributed by atoms with E-state index in [-0.39, 0.29) is 5.38 Å². The lowest BCUT2D eigenvalue weighted by atomic mass is 10.2. The van der Waals surface area contributed by atoms with Crippen LogP contribution in [0.2, 0.25) is 5.02 Å². The summed E-state index contributed by atoms with van der Waals surface area (Å²) in [5.74, 6) is 0.803. The first-order valence-corrected chi connectivity index (χ1v) is 8.04. The average Bonchev–Trinajstić information content (AvgIpc) is 2.78. The quantitative estimate of drug-likeness (QED) is 0.393. The van der Waals surface area contributed by atoms with Crippen LogP contribution in [-0.4, -0.2) is 9.55 Å². The van der Waals surface area contributed by atoms with Gasteiger partial charge in [0.15, 0.2) is 0 Å².